The molecule has 0 radical (unpaired) electrons. The Balaban J connectivity index is 3.53. The molecule has 5 heteroatoms. The number of hydrogen-bond donors (Lipinski definition) is 2. The van der Waals surface area contributed by atoms with E-state index >= 15 is 0 Å². The summed E-state index contributed by atoms with van der Waals surface area (Å²) in [5, 5.41) is 2.40. The molecule has 2 N–H and O–H groups in total. The largest absolute Gasteiger partial charge is 0.402 e. The Morgan fingerprint density at radius 3 is 2.60 bits per heavy atom. The summed E-state index contributed by atoms with van der Waals surface area (Å²) in [6.45, 7) is 4.35. The molecule has 0 aromatic rings. The highest BCUT2D eigenvalue weighted by molar-refractivity contribution is 7.50. The molecule has 0 aliphatic rings. The normalized spacial score (nSPS) is 16.7. The van der Waals surface area contributed by atoms with E-state index < -0.39 is 7.75 Å². The second-order valence-electron chi connectivity index (χ2n) is 1.85. The minimum absolute atomic E-state index is 0.254. The summed E-state index contributed by atoms with van der Waals surface area (Å²) in [6, 6.07) is 0. The third kappa shape index (κ3) is 4.94. The average Bonchev–Trinajstić information content (AvgIpc) is 1.84. The van der Waals surface area contributed by atoms with E-state index in [1.807, 2.05) is 6.92 Å². The van der Waals surface area contributed by atoms with Crippen LogP contribution in [0.15, 0.2) is 0 Å². The quantitative estimate of drug-likeness (QED) is 0.602. The summed E-state index contributed by atoms with van der Waals surface area (Å²) >= 11 is 0. The van der Waals surface area contributed by atoms with Gasteiger partial charge in [-0.25, -0.2) is 9.65 Å². The molecule has 0 amide bonds. The van der Waals surface area contributed by atoms with Gasteiger partial charge in [0.25, 0.3) is 0 Å². The van der Waals surface area contributed by atoms with E-state index in [0.29, 0.717) is 6.54 Å². The molecule has 0 aliphatic heterocycles. The first-order chi connectivity index (χ1) is 4.62. The summed E-state index contributed by atoms with van der Waals surface area (Å²) in [7, 11) is -3.46. The number of rotatable bonds is 5. The van der Waals surface area contributed by atoms with Gasteiger partial charge >= 0.3 is 7.75 Å². The average molecular weight is 167 g/mol. The smallest absolute Gasteiger partial charge is 0.312 e. The standard InChI is InChI=1S/C5H14NO3P/c1-3-5-6-10(7,8)9-4-2/h3-5H2,1-2H3,(H2,6,7,8). The van der Waals surface area contributed by atoms with Gasteiger partial charge in [0, 0.05) is 6.54 Å². The number of nitrogens with one attached hydrogen (secondary N) is 1. The van der Waals surface area contributed by atoms with E-state index in [2.05, 4.69) is 9.61 Å². The third-order valence-corrected chi connectivity index (χ3v) is 2.10. The van der Waals surface area contributed by atoms with Gasteiger partial charge in [0.1, 0.15) is 0 Å². The van der Waals surface area contributed by atoms with Crippen LogP contribution in [-0.4, -0.2) is 18.0 Å². The minimum Gasteiger partial charge on any atom is -0.312 e. The minimum atomic E-state index is -3.46. The van der Waals surface area contributed by atoms with Crippen LogP contribution in [0.3, 0.4) is 0 Å². The van der Waals surface area contributed by atoms with E-state index in [1.165, 1.54) is 0 Å². The molecule has 1 atom stereocenters. The van der Waals surface area contributed by atoms with Crippen molar-refractivity contribution < 1.29 is 14.0 Å². The molecule has 1 unspecified atom stereocenters. The Hall–Kier alpha value is 0.110. The molecule has 0 bridgehead atoms. The van der Waals surface area contributed by atoms with Crippen LogP contribution in [0.1, 0.15) is 20.3 Å². The molecule has 0 saturated carbocycles. The predicted octanol–water partition coefficient (Wildman–Crippen LogP) is 1.12. The summed E-state index contributed by atoms with van der Waals surface area (Å²) < 4.78 is 15.3. The molecule has 0 aromatic carbocycles. The van der Waals surface area contributed by atoms with Gasteiger partial charge < -0.3 is 4.89 Å². The van der Waals surface area contributed by atoms with E-state index in [0.717, 1.165) is 6.42 Å². The van der Waals surface area contributed by atoms with Gasteiger partial charge in [-0.15, -0.1) is 0 Å². The summed E-state index contributed by atoms with van der Waals surface area (Å²) in [5.41, 5.74) is 0. The lowest BCUT2D eigenvalue weighted by Crippen LogP contribution is -2.12. The molecule has 0 fully saturated rings. The lowest BCUT2D eigenvalue weighted by atomic mass is 10.5. The molecule has 0 rings (SSSR count). The number of hydrogen-bond acceptors (Lipinski definition) is 2. The highest BCUT2D eigenvalue weighted by Crippen LogP contribution is 2.35. The van der Waals surface area contributed by atoms with Crippen LogP contribution in [0.25, 0.3) is 0 Å². The van der Waals surface area contributed by atoms with Crippen molar-refractivity contribution in [3.63, 3.8) is 0 Å². The first-order valence-corrected chi connectivity index (χ1v) is 4.92. The SMILES string of the molecule is CCCNP(=O)(O)OCC. The summed E-state index contributed by atoms with van der Waals surface area (Å²) in [5.74, 6) is 0. The fourth-order valence-corrected chi connectivity index (χ4v) is 1.42. The zero-order valence-electron chi connectivity index (χ0n) is 6.33. The Labute approximate surface area is 61.2 Å². The predicted molar refractivity (Wildman–Crippen MR) is 39.7 cm³/mol. The van der Waals surface area contributed by atoms with Gasteiger partial charge in [-0.1, -0.05) is 6.92 Å². The maximum Gasteiger partial charge on any atom is 0.402 e. The van der Waals surface area contributed by atoms with Gasteiger partial charge in [-0.2, -0.15) is 0 Å². The van der Waals surface area contributed by atoms with Gasteiger partial charge in [-0.3, -0.25) is 4.52 Å². The molecule has 10 heavy (non-hydrogen) atoms. The van der Waals surface area contributed by atoms with Gasteiger partial charge in [-0.05, 0) is 13.3 Å². The molecule has 0 aromatic heterocycles. The fraction of sp³-hybridized carbons (Fsp3) is 1.00. The Morgan fingerprint density at radius 1 is 1.60 bits per heavy atom. The van der Waals surface area contributed by atoms with E-state index in [1.54, 1.807) is 6.92 Å². The van der Waals surface area contributed by atoms with Crippen molar-refractivity contribution in [2.45, 2.75) is 20.3 Å². The molecule has 4 nitrogen and oxygen atoms in total. The molecule has 0 saturated heterocycles. The highest BCUT2D eigenvalue weighted by atomic mass is 31.2. The fourth-order valence-electron chi connectivity index (χ4n) is 0.474. The molecular weight excluding hydrogens is 153 g/mol. The second-order valence-corrected chi connectivity index (χ2v) is 3.46. The highest BCUT2D eigenvalue weighted by Gasteiger charge is 2.15. The van der Waals surface area contributed by atoms with Gasteiger partial charge in [0.05, 0.1) is 6.61 Å². The van der Waals surface area contributed by atoms with Crippen LogP contribution in [-0.2, 0) is 9.09 Å². The van der Waals surface area contributed by atoms with Crippen molar-refractivity contribution in [2.75, 3.05) is 13.2 Å². The van der Waals surface area contributed by atoms with Crippen LogP contribution in [0, 0.1) is 0 Å². The molecule has 0 aliphatic carbocycles. The first-order valence-electron chi connectivity index (χ1n) is 3.35. The van der Waals surface area contributed by atoms with Crippen LogP contribution in [0.2, 0.25) is 0 Å². The van der Waals surface area contributed by atoms with E-state index in [9.17, 15) is 4.57 Å². The molecule has 0 heterocycles. The van der Waals surface area contributed by atoms with E-state index in [4.69, 9.17) is 4.89 Å². The Morgan fingerprint density at radius 2 is 2.20 bits per heavy atom. The molecule has 0 spiro atoms. The Kier molecular flexibility index (Phi) is 4.91. The van der Waals surface area contributed by atoms with E-state index in [-0.39, 0.29) is 6.61 Å². The third-order valence-electron chi connectivity index (χ3n) is 0.866. The summed E-state index contributed by atoms with van der Waals surface area (Å²) in [6.07, 6.45) is 0.817. The van der Waals surface area contributed by atoms with Gasteiger partial charge in [0.2, 0.25) is 0 Å². The van der Waals surface area contributed by atoms with Crippen LogP contribution < -0.4 is 5.09 Å². The Bertz CT molecular complexity index is 128. The van der Waals surface area contributed by atoms with Crippen LogP contribution in [0.5, 0.6) is 0 Å². The van der Waals surface area contributed by atoms with Crippen molar-refractivity contribution in [1.82, 2.24) is 5.09 Å². The van der Waals surface area contributed by atoms with Crippen molar-refractivity contribution >= 4 is 7.75 Å². The van der Waals surface area contributed by atoms with Crippen LogP contribution >= 0.6 is 7.75 Å². The monoisotopic (exact) mass is 167 g/mol. The molecular formula is C5H14NO3P. The maximum absolute atomic E-state index is 10.8. The van der Waals surface area contributed by atoms with Crippen molar-refractivity contribution in [3.05, 3.63) is 0 Å². The lowest BCUT2D eigenvalue weighted by Gasteiger charge is -2.10. The van der Waals surface area contributed by atoms with Crippen molar-refractivity contribution in [3.8, 4) is 0 Å². The first kappa shape index (κ1) is 10.1. The zero-order chi connectivity index (χ0) is 8.04. The zero-order valence-corrected chi connectivity index (χ0v) is 7.23. The second kappa shape index (κ2) is 4.85. The molecule has 62 valence electrons. The van der Waals surface area contributed by atoms with Gasteiger partial charge in [0.15, 0.2) is 0 Å². The van der Waals surface area contributed by atoms with Crippen LogP contribution in [0.4, 0.5) is 0 Å². The van der Waals surface area contributed by atoms with Crippen molar-refractivity contribution in [1.29, 1.82) is 0 Å². The summed E-state index contributed by atoms with van der Waals surface area (Å²) in [4.78, 5) is 8.87. The maximum atomic E-state index is 10.8. The lowest BCUT2D eigenvalue weighted by molar-refractivity contribution is 0.263. The topological polar surface area (TPSA) is 58.6 Å². The van der Waals surface area contributed by atoms with Crippen molar-refractivity contribution in [2.24, 2.45) is 0 Å².